The van der Waals surface area contributed by atoms with Gasteiger partial charge in [0.15, 0.2) is 5.82 Å². The predicted octanol–water partition coefficient (Wildman–Crippen LogP) is 0.927. The van der Waals surface area contributed by atoms with Crippen LogP contribution in [0.5, 0.6) is 0 Å². The Hall–Kier alpha value is -1.01. The summed E-state index contributed by atoms with van der Waals surface area (Å²) in [5.74, 6) is 7.68. The minimum atomic E-state index is 0.569. The zero-order chi connectivity index (χ0) is 10.2. The van der Waals surface area contributed by atoms with E-state index in [9.17, 15) is 0 Å². The first-order valence-corrected chi connectivity index (χ1v) is 5.77. The van der Waals surface area contributed by atoms with Crippen LogP contribution in [0, 0.1) is 0 Å². The maximum Gasteiger partial charge on any atom is 0.160 e. The van der Waals surface area contributed by atoms with Crippen molar-refractivity contribution in [3.05, 3.63) is 12.4 Å². The number of anilines is 2. The highest BCUT2D eigenvalue weighted by Crippen LogP contribution is 2.05. The van der Waals surface area contributed by atoms with E-state index in [4.69, 9.17) is 5.84 Å². The van der Waals surface area contributed by atoms with E-state index in [0.717, 1.165) is 24.5 Å². The first-order valence-electron chi connectivity index (χ1n) is 4.38. The number of nitrogens with one attached hydrogen (secondary N) is 2. The molecule has 0 aromatic carbocycles. The molecule has 0 aliphatic heterocycles. The van der Waals surface area contributed by atoms with Crippen molar-refractivity contribution in [3.63, 3.8) is 0 Å². The van der Waals surface area contributed by atoms with Crippen LogP contribution in [0.15, 0.2) is 12.4 Å². The van der Waals surface area contributed by atoms with Crippen molar-refractivity contribution in [2.24, 2.45) is 5.84 Å². The third-order valence-corrected chi connectivity index (χ3v) is 2.31. The molecule has 0 saturated carbocycles. The number of aromatic nitrogens is 2. The average molecular weight is 213 g/mol. The number of thioether (sulfide) groups is 1. The van der Waals surface area contributed by atoms with E-state index < -0.39 is 0 Å². The Morgan fingerprint density at radius 2 is 2.21 bits per heavy atom. The molecule has 6 heteroatoms. The summed E-state index contributed by atoms with van der Waals surface area (Å²) in [6, 6.07) is 0. The highest BCUT2D eigenvalue weighted by molar-refractivity contribution is 7.98. The maximum atomic E-state index is 5.21. The Morgan fingerprint density at radius 3 is 2.93 bits per heavy atom. The van der Waals surface area contributed by atoms with Crippen molar-refractivity contribution >= 4 is 23.4 Å². The highest BCUT2D eigenvalue weighted by atomic mass is 32.2. The van der Waals surface area contributed by atoms with E-state index in [0.29, 0.717) is 5.82 Å². The van der Waals surface area contributed by atoms with Gasteiger partial charge < -0.3 is 10.7 Å². The van der Waals surface area contributed by atoms with E-state index in [1.54, 1.807) is 12.4 Å². The zero-order valence-corrected chi connectivity index (χ0v) is 8.97. The van der Waals surface area contributed by atoms with Crippen LogP contribution < -0.4 is 16.6 Å². The average Bonchev–Trinajstić information content (AvgIpc) is 2.25. The molecule has 0 unspecified atom stereocenters. The smallest absolute Gasteiger partial charge is 0.160 e. The molecule has 4 N–H and O–H groups in total. The normalized spacial score (nSPS) is 9.86. The Kier molecular flexibility index (Phi) is 5.09. The molecular formula is C8H15N5S. The Labute approximate surface area is 87.9 Å². The van der Waals surface area contributed by atoms with Crippen molar-refractivity contribution in [3.8, 4) is 0 Å². The zero-order valence-electron chi connectivity index (χ0n) is 8.16. The second kappa shape index (κ2) is 6.44. The molecular weight excluding hydrogens is 198 g/mol. The summed E-state index contributed by atoms with van der Waals surface area (Å²) < 4.78 is 0. The second-order valence-electron chi connectivity index (χ2n) is 2.71. The van der Waals surface area contributed by atoms with Gasteiger partial charge in [0.2, 0.25) is 0 Å². The molecule has 0 spiro atoms. The van der Waals surface area contributed by atoms with Gasteiger partial charge >= 0.3 is 0 Å². The third-order valence-electron chi connectivity index (χ3n) is 1.61. The standard InChI is InChI=1S/C8H15N5S/c1-14-4-2-3-11-7-5-10-6-8(12-7)13-9/h5-6H,2-4,9H2,1H3,(H2,11,12,13). The van der Waals surface area contributed by atoms with E-state index in [1.807, 2.05) is 11.8 Å². The largest absolute Gasteiger partial charge is 0.369 e. The number of hydrogen-bond donors (Lipinski definition) is 3. The van der Waals surface area contributed by atoms with Crippen LogP contribution in [0.4, 0.5) is 11.6 Å². The fourth-order valence-electron chi connectivity index (χ4n) is 0.954. The van der Waals surface area contributed by atoms with E-state index in [1.165, 1.54) is 0 Å². The molecule has 0 amide bonds. The van der Waals surface area contributed by atoms with Crippen LogP contribution in [0.3, 0.4) is 0 Å². The molecule has 14 heavy (non-hydrogen) atoms. The van der Waals surface area contributed by atoms with Gasteiger partial charge in [-0.2, -0.15) is 11.8 Å². The monoisotopic (exact) mass is 213 g/mol. The summed E-state index contributed by atoms with van der Waals surface area (Å²) in [6.45, 7) is 0.906. The fourth-order valence-corrected chi connectivity index (χ4v) is 1.39. The number of rotatable bonds is 6. The van der Waals surface area contributed by atoms with Crippen molar-refractivity contribution in [1.82, 2.24) is 9.97 Å². The molecule has 0 atom stereocenters. The first kappa shape index (κ1) is 11.1. The molecule has 78 valence electrons. The van der Waals surface area contributed by atoms with Gasteiger partial charge in [-0.3, -0.25) is 4.98 Å². The fraction of sp³-hybridized carbons (Fsp3) is 0.500. The molecule has 0 saturated heterocycles. The van der Waals surface area contributed by atoms with Gasteiger partial charge in [0, 0.05) is 6.54 Å². The van der Waals surface area contributed by atoms with Crippen LogP contribution >= 0.6 is 11.8 Å². The van der Waals surface area contributed by atoms with Crippen LogP contribution in [-0.4, -0.2) is 28.5 Å². The topological polar surface area (TPSA) is 75.9 Å². The molecule has 1 rings (SSSR count). The van der Waals surface area contributed by atoms with Gasteiger partial charge in [0.1, 0.15) is 5.82 Å². The minimum Gasteiger partial charge on any atom is -0.369 e. The Morgan fingerprint density at radius 1 is 1.43 bits per heavy atom. The van der Waals surface area contributed by atoms with Gasteiger partial charge in [-0.15, -0.1) is 0 Å². The molecule has 0 bridgehead atoms. The summed E-state index contributed by atoms with van der Waals surface area (Å²) in [6.07, 6.45) is 6.47. The lowest BCUT2D eigenvalue weighted by Crippen LogP contribution is -2.11. The molecule has 0 fully saturated rings. The molecule has 5 nitrogen and oxygen atoms in total. The van der Waals surface area contributed by atoms with Gasteiger partial charge in [-0.05, 0) is 18.4 Å². The molecule has 1 heterocycles. The summed E-state index contributed by atoms with van der Waals surface area (Å²) >= 11 is 1.84. The summed E-state index contributed by atoms with van der Waals surface area (Å²) in [4.78, 5) is 8.15. The number of nitrogen functional groups attached to an aromatic ring is 1. The summed E-state index contributed by atoms with van der Waals surface area (Å²) in [7, 11) is 0. The van der Waals surface area contributed by atoms with Gasteiger partial charge in [-0.25, -0.2) is 10.8 Å². The lowest BCUT2D eigenvalue weighted by atomic mass is 10.5. The number of nitrogens with zero attached hydrogens (tertiary/aromatic N) is 2. The number of hydrogen-bond acceptors (Lipinski definition) is 6. The Balaban J connectivity index is 2.34. The van der Waals surface area contributed by atoms with Gasteiger partial charge in [0.25, 0.3) is 0 Å². The lowest BCUT2D eigenvalue weighted by molar-refractivity contribution is 0.976. The van der Waals surface area contributed by atoms with Crippen LogP contribution in [0.1, 0.15) is 6.42 Å². The quantitative estimate of drug-likeness (QED) is 0.371. The minimum absolute atomic E-state index is 0.569. The molecule has 0 aliphatic rings. The first-order chi connectivity index (χ1) is 6.86. The second-order valence-corrected chi connectivity index (χ2v) is 3.69. The Bertz CT molecular complexity index is 268. The van der Waals surface area contributed by atoms with E-state index in [-0.39, 0.29) is 0 Å². The van der Waals surface area contributed by atoms with Crippen LogP contribution in [0.25, 0.3) is 0 Å². The molecule has 1 aromatic rings. The SMILES string of the molecule is CSCCCNc1cncc(NN)n1. The highest BCUT2D eigenvalue weighted by Gasteiger charge is 1.95. The van der Waals surface area contributed by atoms with Crippen LogP contribution in [-0.2, 0) is 0 Å². The summed E-state index contributed by atoms with van der Waals surface area (Å²) in [5.41, 5.74) is 2.45. The van der Waals surface area contributed by atoms with Crippen LogP contribution in [0.2, 0.25) is 0 Å². The van der Waals surface area contributed by atoms with Crippen molar-refractivity contribution in [1.29, 1.82) is 0 Å². The van der Waals surface area contributed by atoms with Crippen molar-refractivity contribution < 1.29 is 0 Å². The molecule has 0 aliphatic carbocycles. The van der Waals surface area contributed by atoms with Crippen molar-refractivity contribution in [2.45, 2.75) is 6.42 Å². The third kappa shape index (κ3) is 3.80. The van der Waals surface area contributed by atoms with E-state index in [2.05, 4.69) is 27.0 Å². The van der Waals surface area contributed by atoms with Gasteiger partial charge in [-0.1, -0.05) is 0 Å². The number of hydrazine groups is 1. The molecule has 0 radical (unpaired) electrons. The maximum absolute atomic E-state index is 5.21. The summed E-state index contributed by atoms with van der Waals surface area (Å²) in [5, 5.41) is 3.17. The lowest BCUT2D eigenvalue weighted by Gasteiger charge is -2.05. The van der Waals surface area contributed by atoms with Crippen molar-refractivity contribution in [2.75, 3.05) is 29.3 Å². The van der Waals surface area contributed by atoms with E-state index >= 15 is 0 Å². The predicted molar refractivity (Wildman–Crippen MR) is 61.3 cm³/mol. The molecule has 1 aromatic heterocycles. The number of nitrogens with two attached hydrogens (primary N) is 1. The van der Waals surface area contributed by atoms with Gasteiger partial charge in [0.05, 0.1) is 12.4 Å².